The molecule has 104 valence electrons. The van der Waals surface area contributed by atoms with E-state index >= 15 is 0 Å². The Morgan fingerprint density at radius 1 is 1.32 bits per heavy atom. The molecule has 0 radical (unpaired) electrons. The molecule has 1 atom stereocenters. The van der Waals surface area contributed by atoms with Gasteiger partial charge in [0, 0.05) is 19.0 Å². The number of benzene rings is 1. The summed E-state index contributed by atoms with van der Waals surface area (Å²) in [7, 11) is 0. The zero-order chi connectivity index (χ0) is 13.8. The van der Waals surface area contributed by atoms with E-state index in [1.165, 1.54) is 18.6 Å². The van der Waals surface area contributed by atoms with Crippen LogP contribution in [0.2, 0.25) is 0 Å². The lowest BCUT2D eigenvalue weighted by molar-refractivity contribution is -0.134. The first-order valence-electron chi connectivity index (χ1n) is 6.81. The Hall–Kier alpha value is -1.45. The van der Waals surface area contributed by atoms with Crippen molar-refractivity contribution in [3.8, 4) is 0 Å². The lowest BCUT2D eigenvalue weighted by Crippen LogP contribution is -2.42. The number of likely N-dealkylation sites (tertiary alicyclic amines) is 1. The lowest BCUT2D eigenvalue weighted by atomic mass is 10.0. The molecule has 0 bridgehead atoms. The Morgan fingerprint density at radius 2 is 2.11 bits per heavy atom. The number of hydrogen-bond donors (Lipinski definition) is 0. The van der Waals surface area contributed by atoms with Crippen molar-refractivity contribution in [3.05, 3.63) is 35.4 Å². The Morgan fingerprint density at radius 3 is 2.79 bits per heavy atom. The fraction of sp³-hybridized carbons (Fsp3) is 0.533. The maximum atomic E-state index is 13.0. The van der Waals surface area contributed by atoms with E-state index in [9.17, 15) is 13.6 Å². The van der Waals surface area contributed by atoms with Crippen LogP contribution in [-0.2, 0) is 11.2 Å². The lowest BCUT2D eigenvalue weighted by Gasteiger charge is -2.33. The van der Waals surface area contributed by atoms with Crippen molar-refractivity contribution < 1.29 is 13.6 Å². The van der Waals surface area contributed by atoms with Crippen LogP contribution >= 0.6 is 0 Å². The third kappa shape index (κ3) is 3.52. The highest BCUT2D eigenvalue weighted by Gasteiger charge is 2.22. The van der Waals surface area contributed by atoms with E-state index in [4.69, 9.17) is 0 Å². The van der Waals surface area contributed by atoms with Crippen LogP contribution in [0.1, 0.15) is 38.2 Å². The van der Waals surface area contributed by atoms with Crippen LogP contribution < -0.4 is 0 Å². The number of aryl methyl sites for hydroxylation is 1. The van der Waals surface area contributed by atoms with E-state index in [1.54, 1.807) is 0 Å². The van der Waals surface area contributed by atoms with Gasteiger partial charge in [-0.1, -0.05) is 6.07 Å². The van der Waals surface area contributed by atoms with Gasteiger partial charge < -0.3 is 4.90 Å². The van der Waals surface area contributed by atoms with Crippen molar-refractivity contribution >= 4 is 5.91 Å². The fourth-order valence-electron chi connectivity index (χ4n) is 2.56. The molecule has 1 unspecified atom stereocenters. The van der Waals surface area contributed by atoms with Gasteiger partial charge in [-0.05, 0) is 50.3 Å². The molecule has 0 saturated carbocycles. The number of carbonyl (C=O) groups is 1. The molecule has 1 amide bonds. The van der Waals surface area contributed by atoms with Crippen molar-refractivity contribution in [3.63, 3.8) is 0 Å². The van der Waals surface area contributed by atoms with Gasteiger partial charge in [0.2, 0.25) is 5.91 Å². The first kappa shape index (κ1) is 14.0. The van der Waals surface area contributed by atoms with Gasteiger partial charge in [0.15, 0.2) is 11.6 Å². The van der Waals surface area contributed by atoms with Crippen LogP contribution in [0.25, 0.3) is 0 Å². The molecule has 2 nitrogen and oxygen atoms in total. The van der Waals surface area contributed by atoms with Crippen LogP contribution in [0.5, 0.6) is 0 Å². The molecular formula is C15H19F2NO. The Bertz CT molecular complexity index is 461. The number of piperidine rings is 1. The highest BCUT2D eigenvalue weighted by atomic mass is 19.2. The van der Waals surface area contributed by atoms with Gasteiger partial charge in [-0.2, -0.15) is 0 Å². The number of nitrogens with zero attached hydrogens (tertiary/aromatic N) is 1. The van der Waals surface area contributed by atoms with Crippen LogP contribution in [0, 0.1) is 11.6 Å². The van der Waals surface area contributed by atoms with Gasteiger partial charge in [0.05, 0.1) is 0 Å². The number of amides is 1. The van der Waals surface area contributed by atoms with E-state index in [0.29, 0.717) is 24.4 Å². The summed E-state index contributed by atoms with van der Waals surface area (Å²) in [5.74, 6) is -1.59. The standard InChI is InChI=1S/C15H19F2NO/c1-11-4-2-3-9-18(11)15(19)8-6-12-5-7-13(16)14(17)10-12/h5,7,10-11H,2-4,6,8-9H2,1H3. The van der Waals surface area contributed by atoms with E-state index < -0.39 is 11.6 Å². The molecule has 1 heterocycles. The minimum Gasteiger partial charge on any atom is -0.340 e. The number of hydrogen-bond acceptors (Lipinski definition) is 1. The molecule has 1 aromatic carbocycles. The third-order valence-corrected chi connectivity index (χ3v) is 3.73. The van der Waals surface area contributed by atoms with Crippen molar-refractivity contribution in [2.24, 2.45) is 0 Å². The summed E-state index contributed by atoms with van der Waals surface area (Å²) >= 11 is 0. The summed E-state index contributed by atoms with van der Waals surface area (Å²) in [6.07, 6.45) is 4.10. The summed E-state index contributed by atoms with van der Waals surface area (Å²) in [6, 6.07) is 4.11. The van der Waals surface area contributed by atoms with Gasteiger partial charge in [-0.3, -0.25) is 4.79 Å². The van der Waals surface area contributed by atoms with Gasteiger partial charge in [-0.15, -0.1) is 0 Å². The SMILES string of the molecule is CC1CCCCN1C(=O)CCc1ccc(F)c(F)c1. The van der Waals surface area contributed by atoms with Crippen molar-refractivity contribution in [1.29, 1.82) is 0 Å². The highest BCUT2D eigenvalue weighted by Crippen LogP contribution is 2.18. The molecule has 1 aliphatic heterocycles. The van der Waals surface area contributed by atoms with E-state index in [0.717, 1.165) is 25.5 Å². The Labute approximate surface area is 112 Å². The number of rotatable bonds is 3. The molecule has 1 fully saturated rings. The largest absolute Gasteiger partial charge is 0.340 e. The number of halogens is 2. The van der Waals surface area contributed by atoms with Crippen LogP contribution in [0.4, 0.5) is 8.78 Å². The molecule has 1 saturated heterocycles. The number of carbonyl (C=O) groups excluding carboxylic acids is 1. The zero-order valence-electron chi connectivity index (χ0n) is 11.2. The van der Waals surface area contributed by atoms with Gasteiger partial charge >= 0.3 is 0 Å². The van der Waals surface area contributed by atoms with Gasteiger partial charge in [-0.25, -0.2) is 8.78 Å². The summed E-state index contributed by atoms with van der Waals surface area (Å²) in [6.45, 7) is 2.88. The van der Waals surface area contributed by atoms with Crippen molar-refractivity contribution in [2.45, 2.75) is 45.1 Å². The Kier molecular flexibility index (Phi) is 4.51. The second-order valence-corrected chi connectivity index (χ2v) is 5.18. The van der Waals surface area contributed by atoms with E-state index in [-0.39, 0.29) is 5.91 Å². The second kappa shape index (κ2) is 6.13. The van der Waals surface area contributed by atoms with Crippen molar-refractivity contribution in [1.82, 2.24) is 4.90 Å². The molecule has 0 aromatic heterocycles. The fourth-order valence-corrected chi connectivity index (χ4v) is 2.56. The normalized spacial score (nSPS) is 19.5. The van der Waals surface area contributed by atoms with Crippen LogP contribution in [0.3, 0.4) is 0 Å². The summed E-state index contributed by atoms with van der Waals surface area (Å²) in [5.41, 5.74) is 0.664. The minimum absolute atomic E-state index is 0.108. The monoisotopic (exact) mass is 267 g/mol. The molecular weight excluding hydrogens is 248 g/mol. The Balaban J connectivity index is 1.90. The van der Waals surface area contributed by atoms with Gasteiger partial charge in [0.25, 0.3) is 0 Å². The van der Waals surface area contributed by atoms with Crippen molar-refractivity contribution in [2.75, 3.05) is 6.54 Å². The average Bonchev–Trinajstić information content (AvgIpc) is 2.40. The molecule has 0 aliphatic carbocycles. The maximum absolute atomic E-state index is 13.0. The molecule has 1 aliphatic rings. The van der Waals surface area contributed by atoms with Gasteiger partial charge in [0.1, 0.15) is 0 Å². The average molecular weight is 267 g/mol. The van der Waals surface area contributed by atoms with Crippen LogP contribution in [0.15, 0.2) is 18.2 Å². The molecule has 4 heteroatoms. The molecule has 19 heavy (non-hydrogen) atoms. The zero-order valence-corrected chi connectivity index (χ0v) is 11.2. The van der Waals surface area contributed by atoms with E-state index in [2.05, 4.69) is 6.92 Å². The molecule has 0 N–H and O–H groups in total. The third-order valence-electron chi connectivity index (χ3n) is 3.73. The molecule has 1 aromatic rings. The predicted octanol–water partition coefficient (Wildman–Crippen LogP) is 3.30. The first-order valence-corrected chi connectivity index (χ1v) is 6.81. The molecule has 0 spiro atoms. The smallest absolute Gasteiger partial charge is 0.223 e. The maximum Gasteiger partial charge on any atom is 0.223 e. The molecule has 2 rings (SSSR count). The predicted molar refractivity (Wildman–Crippen MR) is 69.7 cm³/mol. The quantitative estimate of drug-likeness (QED) is 0.823. The summed E-state index contributed by atoms with van der Waals surface area (Å²) in [5, 5.41) is 0. The summed E-state index contributed by atoms with van der Waals surface area (Å²) in [4.78, 5) is 14.0. The minimum atomic E-state index is -0.851. The van der Waals surface area contributed by atoms with E-state index in [1.807, 2.05) is 4.90 Å². The summed E-state index contributed by atoms with van der Waals surface area (Å²) < 4.78 is 25.8. The second-order valence-electron chi connectivity index (χ2n) is 5.18. The highest BCUT2D eigenvalue weighted by molar-refractivity contribution is 5.76. The first-order chi connectivity index (χ1) is 9.08. The van der Waals surface area contributed by atoms with Crippen LogP contribution in [-0.4, -0.2) is 23.4 Å². The topological polar surface area (TPSA) is 20.3 Å².